The predicted octanol–water partition coefficient (Wildman–Crippen LogP) is 3.17. The van der Waals surface area contributed by atoms with E-state index in [1.165, 1.54) is 52.8 Å². The maximum Gasteiger partial charge on any atom is 0.243 e. The molecule has 0 saturated carbocycles. The fourth-order valence-corrected chi connectivity index (χ4v) is 4.66. The Morgan fingerprint density at radius 2 is 1.30 bits per heavy atom. The van der Waals surface area contributed by atoms with Crippen LogP contribution >= 0.6 is 11.8 Å². The number of hydrogen-bond donors (Lipinski definition) is 2. The van der Waals surface area contributed by atoms with Crippen LogP contribution in [0.15, 0.2) is 53.4 Å². The maximum atomic E-state index is 12.8. The molecule has 0 aliphatic carbocycles. The second-order valence-electron chi connectivity index (χ2n) is 6.21. The number of benzene rings is 2. The van der Waals surface area contributed by atoms with Crippen molar-refractivity contribution in [3.63, 3.8) is 0 Å². The first-order valence-corrected chi connectivity index (χ1v) is 11.9. The number of carbonyl (C=O) groups excluding carboxylic acids is 2. The van der Waals surface area contributed by atoms with E-state index in [9.17, 15) is 22.4 Å². The summed E-state index contributed by atoms with van der Waals surface area (Å²) in [5, 5.41) is 5.28. The minimum atomic E-state index is -3.55. The summed E-state index contributed by atoms with van der Waals surface area (Å²) in [7, 11) is -3.55. The third-order valence-corrected chi connectivity index (χ3v) is 7.07. The van der Waals surface area contributed by atoms with Gasteiger partial charge in [-0.1, -0.05) is 13.8 Å². The van der Waals surface area contributed by atoms with Crippen LogP contribution in [0, 0.1) is 5.82 Å². The van der Waals surface area contributed by atoms with Crippen LogP contribution in [0.2, 0.25) is 0 Å². The van der Waals surface area contributed by atoms with Crippen molar-refractivity contribution in [2.75, 3.05) is 35.2 Å². The molecule has 2 rings (SSSR count). The van der Waals surface area contributed by atoms with Gasteiger partial charge in [-0.05, 0) is 48.5 Å². The van der Waals surface area contributed by atoms with Gasteiger partial charge < -0.3 is 10.6 Å². The summed E-state index contributed by atoms with van der Waals surface area (Å²) < 4.78 is 39.1. The topological polar surface area (TPSA) is 95.6 Å². The van der Waals surface area contributed by atoms with E-state index in [0.717, 1.165) is 11.8 Å². The molecule has 30 heavy (non-hydrogen) atoms. The van der Waals surface area contributed by atoms with Gasteiger partial charge in [0.1, 0.15) is 5.82 Å². The number of amides is 2. The molecule has 0 spiro atoms. The number of rotatable bonds is 10. The van der Waals surface area contributed by atoms with Gasteiger partial charge in [0.05, 0.1) is 16.4 Å². The lowest BCUT2D eigenvalue weighted by molar-refractivity contribution is -0.114. The van der Waals surface area contributed by atoms with Gasteiger partial charge in [-0.3, -0.25) is 9.59 Å². The Kier molecular flexibility index (Phi) is 8.82. The normalized spacial score (nSPS) is 11.3. The Hall–Kier alpha value is -2.43. The molecule has 0 fully saturated rings. The molecular formula is C20H24FN3O4S2. The first-order valence-electron chi connectivity index (χ1n) is 9.29. The average molecular weight is 454 g/mol. The maximum absolute atomic E-state index is 12.8. The molecule has 2 aromatic carbocycles. The molecule has 0 heterocycles. The molecule has 0 atom stereocenters. The zero-order valence-electron chi connectivity index (χ0n) is 16.7. The molecule has 2 amide bonds. The van der Waals surface area contributed by atoms with Gasteiger partial charge >= 0.3 is 0 Å². The van der Waals surface area contributed by atoms with Gasteiger partial charge in [-0.2, -0.15) is 4.31 Å². The van der Waals surface area contributed by atoms with E-state index in [2.05, 4.69) is 10.6 Å². The highest BCUT2D eigenvalue weighted by Gasteiger charge is 2.21. The van der Waals surface area contributed by atoms with Crippen LogP contribution < -0.4 is 10.6 Å². The monoisotopic (exact) mass is 453 g/mol. The van der Waals surface area contributed by atoms with E-state index < -0.39 is 15.8 Å². The van der Waals surface area contributed by atoms with Gasteiger partial charge in [0.15, 0.2) is 0 Å². The minimum absolute atomic E-state index is 0.0519. The van der Waals surface area contributed by atoms with Crippen molar-refractivity contribution < 1.29 is 22.4 Å². The number of nitrogens with one attached hydrogen (secondary N) is 2. The van der Waals surface area contributed by atoms with Crippen molar-refractivity contribution in [2.45, 2.75) is 18.7 Å². The molecule has 0 saturated heterocycles. The molecule has 0 aliphatic rings. The number of nitrogens with zero attached hydrogens (tertiary/aromatic N) is 1. The smallest absolute Gasteiger partial charge is 0.243 e. The highest BCUT2D eigenvalue weighted by atomic mass is 32.2. The fourth-order valence-electron chi connectivity index (χ4n) is 2.59. The highest BCUT2D eigenvalue weighted by Crippen LogP contribution is 2.18. The van der Waals surface area contributed by atoms with Crippen LogP contribution in [0.5, 0.6) is 0 Å². The van der Waals surface area contributed by atoms with Gasteiger partial charge in [-0.15, -0.1) is 11.8 Å². The van der Waals surface area contributed by atoms with Crippen molar-refractivity contribution in [3.8, 4) is 0 Å². The summed E-state index contributed by atoms with van der Waals surface area (Å²) in [5.41, 5.74) is 0.945. The Balaban J connectivity index is 1.80. The van der Waals surface area contributed by atoms with Crippen LogP contribution in [0.25, 0.3) is 0 Å². The third kappa shape index (κ3) is 6.82. The fraction of sp³-hybridized carbons (Fsp3) is 0.300. The van der Waals surface area contributed by atoms with Gasteiger partial charge in [0, 0.05) is 24.5 Å². The highest BCUT2D eigenvalue weighted by molar-refractivity contribution is 8.00. The molecule has 0 aromatic heterocycles. The van der Waals surface area contributed by atoms with Crippen LogP contribution in [0.1, 0.15) is 13.8 Å². The second-order valence-corrected chi connectivity index (χ2v) is 9.13. The van der Waals surface area contributed by atoms with Crippen LogP contribution in [-0.4, -0.2) is 49.1 Å². The molecule has 0 unspecified atom stereocenters. The van der Waals surface area contributed by atoms with Gasteiger partial charge in [0.25, 0.3) is 0 Å². The van der Waals surface area contributed by atoms with E-state index in [1.54, 1.807) is 13.8 Å². The van der Waals surface area contributed by atoms with Crippen molar-refractivity contribution in [1.29, 1.82) is 0 Å². The number of thioether (sulfide) groups is 1. The largest absolute Gasteiger partial charge is 0.325 e. The quantitative estimate of drug-likeness (QED) is 0.576. The van der Waals surface area contributed by atoms with Crippen molar-refractivity contribution in [1.82, 2.24) is 4.31 Å². The second kappa shape index (κ2) is 11.1. The molecular weight excluding hydrogens is 429 g/mol. The lowest BCUT2D eigenvalue weighted by Crippen LogP contribution is -2.30. The summed E-state index contributed by atoms with van der Waals surface area (Å²) in [6.45, 7) is 4.30. The molecule has 0 radical (unpaired) electrons. The number of sulfonamides is 1. The summed E-state index contributed by atoms with van der Waals surface area (Å²) >= 11 is 1.13. The van der Waals surface area contributed by atoms with E-state index in [0.29, 0.717) is 24.5 Å². The minimum Gasteiger partial charge on any atom is -0.325 e. The molecule has 2 aromatic rings. The van der Waals surface area contributed by atoms with Crippen molar-refractivity contribution in [2.24, 2.45) is 0 Å². The molecule has 0 bridgehead atoms. The Bertz CT molecular complexity index is 961. The lowest BCUT2D eigenvalue weighted by atomic mass is 10.3. The van der Waals surface area contributed by atoms with Gasteiger partial charge in [-0.25, -0.2) is 12.8 Å². The zero-order chi connectivity index (χ0) is 22.1. The lowest BCUT2D eigenvalue weighted by Gasteiger charge is -2.18. The summed E-state index contributed by atoms with van der Waals surface area (Å²) in [5.74, 6) is -0.889. The molecule has 7 nitrogen and oxygen atoms in total. The summed E-state index contributed by atoms with van der Waals surface area (Å²) in [6.07, 6.45) is 0. The van der Waals surface area contributed by atoms with E-state index in [-0.39, 0.29) is 28.2 Å². The Morgan fingerprint density at radius 3 is 1.73 bits per heavy atom. The summed E-state index contributed by atoms with van der Waals surface area (Å²) in [6, 6.07) is 11.4. The van der Waals surface area contributed by atoms with Crippen molar-refractivity contribution >= 4 is 45.0 Å². The number of anilines is 2. The Labute approximate surface area is 180 Å². The Morgan fingerprint density at radius 1 is 0.867 bits per heavy atom. The standard InChI is InChI=1S/C20H24FN3O4S2/c1-3-24(4-2)30(27,28)18-11-9-17(10-12-18)23-20(26)14-29-13-19(25)22-16-7-5-15(21)6-8-16/h5-12H,3-4,13-14H2,1-2H3,(H,22,25)(H,23,26). The van der Waals surface area contributed by atoms with E-state index in [4.69, 9.17) is 0 Å². The first kappa shape index (κ1) is 23.8. The summed E-state index contributed by atoms with van der Waals surface area (Å²) in [4.78, 5) is 24.1. The number of carbonyl (C=O) groups is 2. The van der Waals surface area contributed by atoms with Crippen LogP contribution in [0.3, 0.4) is 0 Å². The first-order chi connectivity index (χ1) is 14.3. The molecule has 2 N–H and O–H groups in total. The van der Waals surface area contributed by atoms with Crippen LogP contribution in [-0.2, 0) is 19.6 Å². The van der Waals surface area contributed by atoms with Crippen molar-refractivity contribution in [3.05, 3.63) is 54.3 Å². The predicted molar refractivity (Wildman–Crippen MR) is 118 cm³/mol. The molecule has 0 aliphatic heterocycles. The molecule has 162 valence electrons. The van der Waals surface area contributed by atoms with Crippen LogP contribution in [0.4, 0.5) is 15.8 Å². The van der Waals surface area contributed by atoms with Gasteiger partial charge in [0.2, 0.25) is 21.8 Å². The number of hydrogen-bond acceptors (Lipinski definition) is 5. The van der Waals surface area contributed by atoms with E-state index in [1.807, 2.05) is 0 Å². The zero-order valence-corrected chi connectivity index (χ0v) is 18.4. The average Bonchev–Trinajstić information content (AvgIpc) is 2.71. The third-order valence-electron chi connectivity index (χ3n) is 4.08. The SMILES string of the molecule is CCN(CC)S(=O)(=O)c1ccc(NC(=O)CSCC(=O)Nc2ccc(F)cc2)cc1. The van der Waals surface area contributed by atoms with E-state index >= 15 is 0 Å². The number of halogens is 1. The molecule has 10 heteroatoms.